The zero-order chi connectivity index (χ0) is 21.1. The Morgan fingerprint density at radius 1 is 1.10 bits per heavy atom. The van der Waals surface area contributed by atoms with Gasteiger partial charge in [-0.1, -0.05) is 30.3 Å². The molecule has 1 saturated carbocycles. The van der Waals surface area contributed by atoms with Gasteiger partial charge in [0, 0.05) is 13.1 Å². The van der Waals surface area contributed by atoms with E-state index in [9.17, 15) is 9.59 Å². The maximum absolute atomic E-state index is 13.1. The number of rotatable bonds is 8. The van der Waals surface area contributed by atoms with E-state index in [1.807, 2.05) is 37.3 Å². The Morgan fingerprint density at radius 2 is 1.83 bits per heavy atom. The van der Waals surface area contributed by atoms with Crippen molar-refractivity contribution in [2.24, 2.45) is 11.8 Å². The standard InChI is InChI=1S/C24H28N2O4/c1-16(17-7-9-18(10-8-17)24(28)29)25-23(27)22-14-19-13-20(19)15-26(22)11-12-30-21-5-3-2-4-6-21/h2-10,16,19-20,22H,11-15H2,1H3,(H,25,27)(H,28,29)/t16-,19-,20?,22+/m0/s1. The van der Waals surface area contributed by atoms with Crippen LogP contribution < -0.4 is 10.1 Å². The lowest BCUT2D eigenvalue weighted by Gasteiger charge is -2.35. The predicted molar refractivity (Wildman–Crippen MR) is 113 cm³/mol. The van der Waals surface area contributed by atoms with Gasteiger partial charge in [-0.05, 0) is 61.4 Å². The first-order valence-electron chi connectivity index (χ1n) is 10.6. The highest BCUT2D eigenvalue weighted by Gasteiger charge is 2.47. The third kappa shape index (κ3) is 4.82. The van der Waals surface area contributed by atoms with Gasteiger partial charge in [-0.15, -0.1) is 0 Å². The summed E-state index contributed by atoms with van der Waals surface area (Å²) in [6.45, 7) is 4.15. The van der Waals surface area contributed by atoms with Crippen molar-refractivity contribution in [3.05, 3.63) is 65.7 Å². The number of carboxylic acid groups (broad SMARTS) is 1. The number of nitrogens with zero attached hydrogens (tertiary/aromatic N) is 1. The number of carbonyl (C=O) groups is 2. The average molecular weight is 408 g/mol. The molecular weight excluding hydrogens is 380 g/mol. The molecule has 1 saturated heterocycles. The number of para-hydroxylation sites is 1. The fraction of sp³-hybridized carbons (Fsp3) is 0.417. The number of ether oxygens (including phenoxy) is 1. The summed E-state index contributed by atoms with van der Waals surface area (Å²) in [4.78, 5) is 26.4. The number of carbonyl (C=O) groups excluding carboxylic acids is 1. The Labute approximate surface area is 176 Å². The lowest BCUT2D eigenvalue weighted by atomic mass is 10.00. The number of likely N-dealkylation sites (tertiary alicyclic amines) is 1. The predicted octanol–water partition coefficient (Wildman–Crippen LogP) is 3.35. The smallest absolute Gasteiger partial charge is 0.335 e. The summed E-state index contributed by atoms with van der Waals surface area (Å²) >= 11 is 0. The minimum Gasteiger partial charge on any atom is -0.492 e. The molecule has 6 nitrogen and oxygen atoms in total. The number of nitrogens with one attached hydrogen (secondary N) is 1. The second kappa shape index (κ2) is 8.88. The molecule has 2 fully saturated rings. The van der Waals surface area contributed by atoms with E-state index in [-0.39, 0.29) is 23.6 Å². The Kier molecular flexibility index (Phi) is 6.04. The average Bonchev–Trinajstić information content (AvgIpc) is 3.52. The van der Waals surface area contributed by atoms with E-state index in [4.69, 9.17) is 9.84 Å². The Morgan fingerprint density at radius 3 is 2.53 bits per heavy atom. The summed E-state index contributed by atoms with van der Waals surface area (Å²) in [5.41, 5.74) is 1.14. The van der Waals surface area contributed by atoms with Crippen LogP contribution in [-0.4, -0.2) is 47.6 Å². The van der Waals surface area contributed by atoms with Crippen molar-refractivity contribution < 1.29 is 19.4 Å². The van der Waals surface area contributed by atoms with Gasteiger partial charge in [0.1, 0.15) is 12.4 Å². The fourth-order valence-corrected chi connectivity index (χ4v) is 4.31. The molecule has 0 radical (unpaired) electrons. The molecule has 2 N–H and O–H groups in total. The zero-order valence-electron chi connectivity index (χ0n) is 17.2. The van der Waals surface area contributed by atoms with Crippen LogP contribution in [0.1, 0.15) is 41.7 Å². The molecule has 1 unspecified atom stereocenters. The first-order chi connectivity index (χ1) is 14.5. The van der Waals surface area contributed by atoms with Gasteiger partial charge in [0.2, 0.25) is 5.91 Å². The first kappa shape index (κ1) is 20.4. The number of carboxylic acids is 1. The van der Waals surface area contributed by atoms with Gasteiger partial charge in [-0.25, -0.2) is 4.79 Å². The second-order valence-corrected chi connectivity index (χ2v) is 8.32. The highest BCUT2D eigenvalue weighted by Crippen LogP contribution is 2.47. The van der Waals surface area contributed by atoms with Crippen LogP contribution >= 0.6 is 0 Å². The Bertz CT molecular complexity index is 884. The van der Waals surface area contributed by atoms with E-state index in [0.717, 1.165) is 30.8 Å². The van der Waals surface area contributed by atoms with Crippen LogP contribution in [0.25, 0.3) is 0 Å². The molecule has 1 aliphatic heterocycles. The van der Waals surface area contributed by atoms with Crippen molar-refractivity contribution in [2.75, 3.05) is 19.7 Å². The highest BCUT2D eigenvalue weighted by atomic mass is 16.5. The van der Waals surface area contributed by atoms with Crippen molar-refractivity contribution >= 4 is 11.9 Å². The van der Waals surface area contributed by atoms with Crippen LogP contribution in [0.5, 0.6) is 5.75 Å². The van der Waals surface area contributed by atoms with Gasteiger partial charge < -0.3 is 15.2 Å². The molecule has 30 heavy (non-hydrogen) atoms. The summed E-state index contributed by atoms with van der Waals surface area (Å²) < 4.78 is 5.85. The summed E-state index contributed by atoms with van der Waals surface area (Å²) in [5.74, 6) is 1.31. The number of fused-ring (bicyclic) bond motifs is 1. The molecule has 6 heteroatoms. The lowest BCUT2D eigenvalue weighted by Crippen LogP contribution is -2.51. The molecular formula is C24H28N2O4. The third-order valence-corrected chi connectivity index (χ3v) is 6.21. The molecule has 2 aromatic rings. The summed E-state index contributed by atoms with van der Waals surface area (Å²) in [7, 11) is 0. The minimum absolute atomic E-state index is 0.0369. The van der Waals surface area contributed by atoms with Gasteiger partial charge >= 0.3 is 5.97 Å². The second-order valence-electron chi connectivity index (χ2n) is 8.32. The third-order valence-electron chi connectivity index (χ3n) is 6.21. The molecule has 0 bridgehead atoms. The summed E-state index contributed by atoms with van der Waals surface area (Å²) in [6.07, 6.45) is 2.11. The first-order valence-corrected chi connectivity index (χ1v) is 10.6. The topological polar surface area (TPSA) is 78.9 Å². The van der Waals surface area contributed by atoms with E-state index in [1.54, 1.807) is 24.3 Å². The van der Waals surface area contributed by atoms with Crippen LogP contribution in [0.3, 0.4) is 0 Å². The van der Waals surface area contributed by atoms with Crippen molar-refractivity contribution in [3.63, 3.8) is 0 Å². The van der Waals surface area contributed by atoms with Gasteiger partial charge in [0.15, 0.2) is 0 Å². The molecule has 1 heterocycles. The van der Waals surface area contributed by atoms with Crippen molar-refractivity contribution in [1.29, 1.82) is 0 Å². The number of aromatic carboxylic acids is 1. The van der Waals surface area contributed by atoms with Gasteiger partial charge in [0.05, 0.1) is 17.6 Å². The van der Waals surface area contributed by atoms with E-state index in [0.29, 0.717) is 18.4 Å². The molecule has 0 aromatic heterocycles. The molecule has 158 valence electrons. The molecule has 1 amide bonds. The molecule has 2 aliphatic rings. The molecule has 0 spiro atoms. The Balaban J connectivity index is 1.34. The van der Waals surface area contributed by atoms with Crippen LogP contribution in [0.15, 0.2) is 54.6 Å². The SMILES string of the molecule is C[C@H](NC(=O)[C@H]1C[C@@H]2CC2CN1CCOc1ccccc1)c1ccc(C(=O)O)cc1. The number of piperidine rings is 1. The van der Waals surface area contributed by atoms with Crippen molar-refractivity contribution in [2.45, 2.75) is 31.8 Å². The zero-order valence-corrected chi connectivity index (χ0v) is 17.2. The van der Waals surface area contributed by atoms with Crippen LogP contribution in [-0.2, 0) is 4.79 Å². The largest absolute Gasteiger partial charge is 0.492 e. The fourth-order valence-electron chi connectivity index (χ4n) is 4.31. The highest BCUT2D eigenvalue weighted by molar-refractivity contribution is 5.87. The molecule has 1 aliphatic carbocycles. The van der Waals surface area contributed by atoms with E-state index in [2.05, 4.69) is 10.2 Å². The van der Waals surface area contributed by atoms with E-state index < -0.39 is 5.97 Å². The maximum Gasteiger partial charge on any atom is 0.335 e. The van der Waals surface area contributed by atoms with E-state index >= 15 is 0 Å². The van der Waals surface area contributed by atoms with E-state index in [1.165, 1.54) is 6.42 Å². The molecule has 4 atom stereocenters. The van der Waals surface area contributed by atoms with Gasteiger partial charge in [-0.2, -0.15) is 0 Å². The van der Waals surface area contributed by atoms with Crippen molar-refractivity contribution in [3.8, 4) is 5.75 Å². The van der Waals surface area contributed by atoms with Crippen LogP contribution in [0.2, 0.25) is 0 Å². The quantitative estimate of drug-likeness (QED) is 0.700. The number of hydrogen-bond acceptors (Lipinski definition) is 4. The Hall–Kier alpha value is -2.86. The summed E-state index contributed by atoms with van der Waals surface area (Å²) in [5, 5.41) is 12.2. The normalized spacial score (nSPS) is 23.8. The van der Waals surface area contributed by atoms with Crippen LogP contribution in [0, 0.1) is 11.8 Å². The van der Waals surface area contributed by atoms with Crippen LogP contribution in [0.4, 0.5) is 0 Å². The summed E-state index contributed by atoms with van der Waals surface area (Å²) in [6, 6.07) is 16.1. The monoisotopic (exact) mass is 408 g/mol. The number of amides is 1. The minimum atomic E-state index is -0.951. The maximum atomic E-state index is 13.1. The van der Waals surface area contributed by atoms with Gasteiger partial charge in [-0.3, -0.25) is 9.69 Å². The van der Waals surface area contributed by atoms with Gasteiger partial charge in [0.25, 0.3) is 0 Å². The molecule has 2 aromatic carbocycles. The number of benzene rings is 2. The molecule has 4 rings (SSSR count). The lowest BCUT2D eigenvalue weighted by molar-refractivity contribution is -0.128. The number of hydrogen-bond donors (Lipinski definition) is 2. The van der Waals surface area contributed by atoms with Crippen molar-refractivity contribution in [1.82, 2.24) is 10.2 Å².